The summed E-state index contributed by atoms with van der Waals surface area (Å²) in [6, 6.07) is 4.85. The van der Waals surface area contributed by atoms with Crippen molar-refractivity contribution in [2.45, 2.75) is 6.04 Å². The van der Waals surface area contributed by atoms with E-state index in [1.807, 2.05) is 0 Å². The van der Waals surface area contributed by atoms with E-state index >= 15 is 0 Å². The Bertz CT molecular complexity index is 574. The smallest absolute Gasteiger partial charge is 0.230 e. The Kier molecular flexibility index (Phi) is 4.74. The number of benzene rings is 1. The normalized spacial score (nSPS) is 12.2. The molecule has 0 aliphatic carbocycles. The third-order valence-electron chi connectivity index (χ3n) is 2.56. The summed E-state index contributed by atoms with van der Waals surface area (Å²) < 4.78 is 0. The molecule has 2 aromatic rings. The Morgan fingerprint density at radius 1 is 1.42 bits per heavy atom. The molecule has 1 heterocycles. The van der Waals surface area contributed by atoms with Crippen molar-refractivity contribution in [2.75, 3.05) is 5.75 Å². The second-order valence-electron chi connectivity index (χ2n) is 3.84. The highest BCUT2D eigenvalue weighted by molar-refractivity contribution is 7.81. The Labute approximate surface area is 125 Å². The quantitative estimate of drug-likeness (QED) is 0.760. The lowest BCUT2D eigenvalue weighted by atomic mass is 10.0. The summed E-state index contributed by atoms with van der Waals surface area (Å²) in [7, 11) is 0. The highest BCUT2D eigenvalue weighted by atomic mass is 35.5. The van der Waals surface area contributed by atoms with E-state index in [0.29, 0.717) is 10.0 Å². The van der Waals surface area contributed by atoms with E-state index in [1.54, 1.807) is 30.7 Å². The van der Waals surface area contributed by atoms with Crippen LogP contribution in [0.25, 0.3) is 0 Å². The Morgan fingerprint density at radius 3 is 2.79 bits per heavy atom. The minimum Gasteiger partial charge on any atom is -0.346 e. The largest absolute Gasteiger partial charge is 0.346 e. The molecular formula is C12H11Cl2N3OS. The molecule has 2 rings (SSSR count). The molecular weight excluding hydrogens is 305 g/mol. The number of nitrogens with zero attached hydrogens (tertiary/aromatic N) is 1. The molecule has 4 nitrogen and oxygen atoms in total. The number of carbonyl (C=O) groups excluding carboxylic acids is 1. The monoisotopic (exact) mass is 315 g/mol. The number of halogens is 2. The molecule has 0 fully saturated rings. The highest BCUT2D eigenvalue weighted by Gasteiger charge is 2.18. The van der Waals surface area contributed by atoms with Gasteiger partial charge in [-0.25, -0.2) is 4.98 Å². The number of rotatable bonds is 4. The fourth-order valence-electron chi connectivity index (χ4n) is 1.66. The van der Waals surface area contributed by atoms with Crippen LogP contribution in [-0.4, -0.2) is 21.6 Å². The number of H-pyrrole nitrogens is 1. The maximum Gasteiger partial charge on any atom is 0.230 e. The van der Waals surface area contributed by atoms with Crippen LogP contribution in [0.1, 0.15) is 17.3 Å². The van der Waals surface area contributed by atoms with Crippen LogP contribution in [0.3, 0.4) is 0 Å². The molecule has 0 bridgehead atoms. The minimum atomic E-state index is -0.364. The summed E-state index contributed by atoms with van der Waals surface area (Å²) in [4.78, 5) is 18.5. The van der Waals surface area contributed by atoms with Crippen molar-refractivity contribution in [3.8, 4) is 0 Å². The molecule has 0 saturated heterocycles. The number of hydrogen-bond donors (Lipinski definition) is 3. The molecule has 1 aromatic heterocycles. The Hall–Kier alpha value is -1.17. The van der Waals surface area contributed by atoms with Crippen LogP contribution in [0.5, 0.6) is 0 Å². The van der Waals surface area contributed by atoms with Crippen LogP contribution < -0.4 is 5.32 Å². The lowest BCUT2D eigenvalue weighted by molar-refractivity contribution is -0.119. The van der Waals surface area contributed by atoms with Crippen LogP contribution in [0.4, 0.5) is 0 Å². The molecule has 0 radical (unpaired) electrons. The number of hydrogen-bond acceptors (Lipinski definition) is 3. The number of thiol groups is 1. The first-order valence-corrected chi connectivity index (χ1v) is 6.84. The molecule has 100 valence electrons. The zero-order valence-electron chi connectivity index (χ0n) is 9.73. The summed E-state index contributed by atoms with van der Waals surface area (Å²) in [6.45, 7) is 0. The molecule has 1 aromatic carbocycles. The van der Waals surface area contributed by atoms with Crippen molar-refractivity contribution in [3.05, 3.63) is 52.0 Å². The van der Waals surface area contributed by atoms with Crippen molar-refractivity contribution in [1.29, 1.82) is 0 Å². The molecule has 7 heteroatoms. The predicted molar refractivity (Wildman–Crippen MR) is 78.9 cm³/mol. The topological polar surface area (TPSA) is 57.8 Å². The van der Waals surface area contributed by atoms with Gasteiger partial charge in [0.1, 0.15) is 0 Å². The zero-order chi connectivity index (χ0) is 13.8. The average molecular weight is 316 g/mol. The molecule has 0 aliphatic rings. The van der Waals surface area contributed by atoms with Crippen LogP contribution in [0, 0.1) is 0 Å². The molecule has 0 aliphatic heterocycles. The summed E-state index contributed by atoms with van der Waals surface area (Å²) in [6.07, 6.45) is 3.19. The molecule has 19 heavy (non-hydrogen) atoms. The first-order valence-electron chi connectivity index (χ1n) is 5.45. The van der Waals surface area contributed by atoms with Crippen molar-refractivity contribution in [1.82, 2.24) is 15.3 Å². The number of aromatic nitrogens is 2. The number of carbonyl (C=O) groups is 1. The fourth-order valence-corrected chi connectivity index (χ4v) is 2.06. The summed E-state index contributed by atoms with van der Waals surface area (Å²) in [5, 5.41) is 3.74. The predicted octanol–water partition coefficient (Wildman–Crippen LogP) is 2.85. The van der Waals surface area contributed by atoms with Crippen molar-refractivity contribution < 1.29 is 4.79 Å². The van der Waals surface area contributed by atoms with Gasteiger partial charge >= 0.3 is 0 Å². The Balaban J connectivity index is 2.36. The first-order chi connectivity index (χ1) is 9.11. The van der Waals surface area contributed by atoms with E-state index < -0.39 is 0 Å². The number of amides is 1. The van der Waals surface area contributed by atoms with Gasteiger partial charge in [0.25, 0.3) is 0 Å². The summed E-state index contributed by atoms with van der Waals surface area (Å²) in [5.74, 6) is -0.0830. The highest BCUT2D eigenvalue weighted by Crippen LogP contribution is 2.28. The minimum absolute atomic E-state index is 0.103. The molecule has 1 atom stereocenters. The van der Waals surface area contributed by atoms with E-state index in [4.69, 9.17) is 23.2 Å². The number of aromatic amines is 1. The van der Waals surface area contributed by atoms with Gasteiger partial charge in [-0.15, -0.1) is 0 Å². The van der Waals surface area contributed by atoms with Crippen LogP contribution in [-0.2, 0) is 4.79 Å². The third-order valence-corrected chi connectivity index (χ3v) is 3.58. The van der Waals surface area contributed by atoms with Gasteiger partial charge < -0.3 is 10.3 Å². The molecule has 0 spiro atoms. The van der Waals surface area contributed by atoms with E-state index in [0.717, 1.165) is 11.3 Å². The number of nitrogens with one attached hydrogen (secondary N) is 2. The van der Waals surface area contributed by atoms with E-state index in [1.165, 1.54) is 0 Å². The fraction of sp³-hybridized carbons (Fsp3) is 0.167. The second kappa shape index (κ2) is 6.32. The maximum absolute atomic E-state index is 11.6. The van der Waals surface area contributed by atoms with Crippen LogP contribution in [0.2, 0.25) is 10.0 Å². The first kappa shape index (κ1) is 14.2. The van der Waals surface area contributed by atoms with Crippen LogP contribution in [0.15, 0.2) is 30.7 Å². The van der Waals surface area contributed by atoms with E-state index in [-0.39, 0.29) is 17.7 Å². The lowest BCUT2D eigenvalue weighted by Gasteiger charge is -2.18. The Morgan fingerprint density at radius 2 is 2.21 bits per heavy atom. The molecule has 2 N–H and O–H groups in total. The summed E-state index contributed by atoms with van der Waals surface area (Å²) >= 11 is 15.8. The van der Waals surface area contributed by atoms with Gasteiger partial charge in [0.15, 0.2) is 0 Å². The van der Waals surface area contributed by atoms with Gasteiger partial charge in [0.2, 0.25) is 5.91 Å². The molecule has 1 unspecified atom stereocenters. The van der Waals surface area contributed by atoms with Crippen molar-refractivity contribution in [2.24, 2.45) is 0 Å². The zero-order valence-corrected chi connectivity index (χ0v) is 12.1. The second-order valence-corrected chi connectivity index (χ2v) is 4.97. The van der Waals surface area contributed by atoms with Gasteiger partial charge in [-0.3, -0.25) is 4.79 Å². The SMILES string of the molecule is O=C(CS)NC(c1ccc(Cl)c(Cl)c1)c1cnc[nH]1. The summed E-state index contributed by atoms with van der Waals surface area (Å²) in [5.41, 5.74) is 1.57. The van der Waals surface area contributed by atoms with Crippen molar-refractivity contribution in [3.63, 3.8) is 0 Å². The van der Waals surface area contributed by atoms with E-state index in [9.17, 15) is 4.79 Å². The standard InChI is InChI=1S/C12H11Cl2N3OS/c13-8-2-1-7(3-9(8)14)12(17-11(18)5-19)10-4-15-6-16-10/h1-4,6,12,19H,5H2,(H,15,16)(H,17,18). The van der Waals surface area contributed by atoms with Gasteiger partial charge in [-0.1, -0.05) is 29.3 Å². The average Bonchev–Trinajstić information content (AvgIpc) is 2.92. The number of imidazole rings is 1. The van der Waals surface area contributed by atoms with Crippen molar-refractivity contribution >= 4 is 41.7 Å². The maximum atomic E-state index is 11.6. The van der Waals surface area contributed by atoms with Gasteiger partial charge in [0.05, 0.1) is 40.1 Å². The van der Waals surface area contributed by atoms with Gasteiger partial charge in [0, 0.05) is 0 Å². The lowest BCUT2D eigenvalue weighted by Crippen LogP contribution is -2.30. The van der Waals surface area contributed by atoms with Crippen LogP contribution >= 0.6 is 35.8 Å². The third kappa shape index (κ3) is 3.43. The van der Waals surface area contributed by atoms with Gasteiger partial charge in [-0.05, 0) is 17.7 Å². The molecule has 0 saturated carbocycles. The van der Waals surface area contributed by atoms with Gasteiger partial charge in [-0.2, -0.15) is 12.6 Å². The van der Waals surface area contributed by atoms with E-state index in [2.05, 4.69) is 27.9 Å². The molecule has 1 amide bonds.